The third-order valence-corrected chi connectivity index (χ3v) is 3.90. The largest absolute Gasteiger partial charge is 0.347 e. The molecule has 0 radical (unpaired) electrons. The quantitative estimate of drug-likeness (QED) is 0.745. The maximum absolute atomic E-state index is 3.97. The van der Waals surface area contributed by atoms with Crippen molar-refractivity contribution in [1.29, 1.82) is 0 Å². The molecule has 0 aliphatic heterocycles. The normalized spacial score (nSPS) is 10.8. The van der Waals surface area contributed by atoms with Gasteiger partial charge >= 0.3 is 0 Å². The van der Waals surface area contributed by atoms with Crippen molar-refractivity contribution in [1.82, 2.24) is 15.3 Å². The molecule has 0 aliphatic carbocycles. The maximum Gasteiger partial charge on any atom is 0.0922 e. The highest BCUT2D eigenvalue weighted by molar-refractivity contribution is 7.98. The average molecular weight is 253 g/mol. The van der Waals surface area contributed by atoms with E-state index in [1.807, 2.05) is 18.0 Å². The Labute approximate surface area is 104 Å². The molecule has 0 saturated heterocycles. The lowest BCUT2D eigenvalue weighted by Crippen LogP contribution is -2.16. The first-order chi connectivity index (χ1) is 7.95. The van der Waals surface area contributed by atoms with Crippen LogP contribution in [-0.2, 0) is 12.3 Å². The van der Waals surface area contributed by atoms with Crippen LogP contribution in [0, 0.1) is 0 Å². The van der Waals surface area contributed by atoms with Crippen LogP contribution in [0.2, 0.25) is 0 Å². The number of hydrogen-bond donors (Lipinski definition) is 2. The summed E-state index contributed by atoms with van der Waals surface area (Å²) in [5.74, 6) is 2.26. The third-order valence-electron chi connectivity index (χ3n) is 2.14. The Morgan fingerprint density at radius 3 is 3.25 bits per heavy atom. The van der Waals surface area contributed by atoms with Gasteiger partial charge < -0.3 is 10.3 Å². The van der Waals surface area contributed by atoms with E-state index in [4.69, 9.17) is 0 Å². The smallest absolute Gasteiger partial charge is 0.0922 e. The minimum absolute atomic E-state index is 0.874. The van der Waals surface area contributed by atoms with Crippen molar-refractivity contribution in [3.05, 3.63) is 40.6 Å². The predicted octanol–water partition coefficient (Wildman–Crippen LogP) is 2.49. The van der Waals surface area contributed by atoms with Gasteiger partial charge in [0, 0.05) is 36.5 Å². The van der Waals surface area contributed by atoms with Crippen molar-refractivity contribution in [2.45, 2.75) is 12.3 Å². The van der Waals surface area contributed by atoms with E-state index in [1.165, 1.54) is 5.56 Å². The minimum atomic E-state index is 0.874. The zero-order valence-corrected chi connectivity index (χ0v) is 10.6. The summed E-state index contributed by atoms with van der Waals surface area (Å²) in [5, 5.41) is 7.72. The Morgan fingerprint density at radius 1 is 1.50 bits per heavy atom. The molecule has 3 nitrogen and oxygen atoms in total. The topological polar surface area (TPSA) is 40.7 Å². The Balaban J connectivity index is 1.49. The minimum Gasteiger partial charge on any atom is -0.347 e. The van der Waals surface area contributed by atoms with Crippen molar-refractivity contribution in [2.75, 3.05) is 12.3 Å². The number of imidazole rings is 1. The molecule has 5 heteroatoms. The molecular formula is C11H15N3S2. The Morgan fingerprint density at radius 2 is 2.50 bits per heavy atom. The summed E-state index contributed by atoms with van der Waals surface area (Å²) in [5.41, 5.74) is 2.58. The lowest BCUT2D eigenvalue weighted by atomic mass is 10.4. The van der Waals surface area contributed by atoms with Gasteiger partial charge in [0.15, 0.2) is 0 Å². The van der Waals surface area contributed by atoms with Crippen molar-refractivity contribution in [2.24, 2.45) is 0 Å². The second kappa shape index (κ2) is 6.73. The molecule has 86 valence electrons. The van der Waals surface area contributed by atoms with E-state index in [2.05, 4.69) is 32.1 Å². The molecule has 2 aromatic heterocycles. The molecule has 0 spiro atoms. The van der Waals surface area contributed by atoms with Crippen molar-refractivity contribution in [3.63, 3.8) is 0 Å². The summed E-state index contributed by atoms with van der Waals surface area (Å²) in [4.78, 5) is 7.04. The van der Waals surface area contributed by atoms with Crippen molar-refractivity contribution >= 4 is 23.1 Å². The first kappa shape index (κ1) is 11.7. The fraction of sp³-hybridized carbons (Fsp3) is 0.364. The SMILES string of the molecule is c1ncc(CNCCSCc2ccsc2)[nH]1. The Bertz CT molecular complexity index is 332. The lowest BCUT2D eigenvalue weighted by molar-refractivity contribution is 0.719. The van der Waals surface area contributed by atoms with Crippen LogP contribution in [0.5, 0.6) is 0 Å². The molecule has 0 aromatic carbocycles. The molecule has 0 saturated carbocycles. The van der Waals surface area contributed by atoms with Crippen molar-refractivity contribution in [3.8, 4) is 0 Å². The van der Waals surface area contributed by atoms with E-state index in [1.54, 1.807) is 17.7 Å². The predicted molar refractivity (Wildman–Crippen MR) is 70.8 cm³/mol. The monoisotopic (exact) mass is 253 g/mol. The number of nitrogens with zero attached hydrogens (tertiary/aromatic N) is 1. The molecule has 2 N–H and O–H groups in total. The zero-order valence-electron chi connectivity index (χ0n) is 8.98. The zero-order chi connectivity index (χ0) is 11.1. The summed E-state index contributed by atoms with van der Waals surface area (Å²) in [6.07, 6.45) is 3.56. The first-order valence-electron chi connectivity index (χ1n) is 5.22. The van der Waals surface area contributed by atoms with Gasteiger partial charge in [-0.2, -0.15) is 23.1 Å². The van der Waals surface area contributed by atoms with Gasteiger partial charge in [-0.05, 0) is 22.4 Å². The van der Waals surface area contributed by atoms with Crippen LogP contribution in [0.4, 0.5) is 0 Å². The number of thiophene rings is 1. The van der Waals surface area contributed by atoms with Gasteiger partial charge in [-0.1, -0.05) is 0 Å². The number of H-pyrrole nitrogens is 1. The molecule has 0 amide bonds. The van der Waals surface area contributed by atoms with E-state index >= 15 is 0 Å². The molecule has 0 unspecified atom stereocenters. The number of thioether (sulfide) groups is 1. The Hall–Kier alpha value is -0.780. The summed E-state index contributed by atoms with van der Waals surface area (Å²) >= 11 is 3.73. The molecule has 2 aromatic rings. The first-order valence-corrected chi connectivity index (χ1v) is 7.31. The van der Waals surface area contributed by atoms with Crippen LogP contribution in [0.3, 0.4) is 0 Å². The van der Waals surface area contributed by atoms with Crippen LogP contribution in [0.15, 0.2) is 29.4 Å². The van der Waals surface area contributed by atoms with Gasteiger partial charge in [0.2, 0.25) is 0 Å². The van der Waals surface area contributed by atoms with Gasteiger partial charge in [-0.3, -0.25) is 0 Å². The highest BCUT2D eigenvalue weighted by Gasteiger charge is 1.95. The van der Waals surface area contributed by atoms with E-state index in [9.17, 15) is 0 Å². The summed E-state index contributed by atoms with van der Waals surface area (Å²) in [7, 11) is 0. The fourth-order valence-corrected chi connectivity index (χ4v) is 2.94. The number of rotatable bonds is 7. The molecule has 0 fully saturated rings. The molecule has 16 heavy (non-hydrogen) atoms. The third kappa shape index (κ3) is 4.00. The Kier molecular flexibility index (Phi) is 4.92. The van der Waals surface area contributed by atoms with Crippen LogP contribution in [0.1, 0.15) is 11.3 Å². The molecule has 0 atom stereocenters. The summed E-state index contributed by atoms with van der Waals surface area (Å²) in [6.45, 7) is 1.91. The van der Waals surface area contributed by atoms with Crippen LogP contribution in [0.25, 0.3) is 0 Å². The number of aromatic amines is 1. The van der Waals surface area contributed by atoms with E-state index in [-0.39, 0.29) is 0 Å². The van der Waals surface area contributed by atoms with Gasteiger partial charge in [0.05, 0.1) is 6.33 Å². The van der Waals surface area contributed by atoms with Crippen LogP contribution in [-0.4, -0.2) is 22.3 Å². The van der Waals surface area contributed by atoms with Crippen LogP contribution >= 0.6 is 23.1 Å². The van der Waals surface area contributed by atoms with E-state index in [0.717, 1.165) is 30.3 Å². The standard InChI is InChI=1S/C11H15N3S2/c1-3-15-7-10(1)8-16-4-2-12-5-11-6-13-9-14-11/h1,3,6-7,9,12H,2,4-5,8H2,(H,13,14). The fourth-order valence-electron chi connectivity index (χ4n) is 1.31. The lowest BCUT2D eigenvalue weighted by Gasteiger charge is -2.02. The second-order valence-electron chi connectivity index (χ2n) is 3.44. The molecule has 0 bridgehead atoms. The van der Waals surface area contributed by atoms with E-state index in [0.29, 0.717) is 0 Å². The average Bonchev–Trinajstić information content (AvgIpc) is 2.96. The number of aromatic nitrogens is 2. The second-order valence-corrected chi connectivity index (χ2v) is 5.32. The number of nitrogens with one attached hydrogen (secondary N) is 2. The van der Waals surface area contributed by atoms with Gasteiger partial charge in [0.1, 0.15) is 0 Å². The van der Waals surface area contributed by atoms with E-state index < -0.39 is 0 Å². The molecular weight excluding hydrogens is 238 g/mol. The van der Waals surface area contributed by atoms with Gasteiger partial charge in [0.25, 0.3) is 0 Å². The van der Waals surface area contributed by atoms with Crippen molar-refractivity contribution < 1.29 is 0 Å². The van der Waals surface area contributed by atoms with Gasteiger partial charge in [-0.25, -0.2) is 4.98 Å². The molecule has 0 aliphatic rings. The molecule has 2 rings (SSSR count). The highest BCUT2D eigenvalue weighted by Crippen LogP contribution is 2.14. The molecule has 2 heterocycles. The van der Waals surface area contributed by atoms with Gasteiger partial charge in [-0.15, -0.1) is 0 Å². The summed E-state index contributed by atoms with van der Waals surface area (Å²) in [6, 6.07) is 2.19. The highest BCUT2D eigenvalue weighted by atomic mass is 32.2. The number of hydrogen-bond acceptors (Lipinski definition) is 4. The maximum atomic E-state index is 3.97. The van der Waals surface area contributed by atoms with Crippen LogP contribution < -0.4 is 5.32 Å². The summed E-state index contributed by atoms with van der Waals surface area (Å²) < 4.78 is 0.